The summed E-state index contributed by atoms with van der Waals surface area (Å²) in [5.74, 6) is -0.201. The van der Waals surface area contributed by atoms with Gasteiger partial charge < -0.3 is 5.73 Å². The Morgan fingerprint density at radius 1 is 1.35 bits per heavy atom. The summed E-state index contributed by atoms with van der Waals surface area (Å²) in [7, 11) is 0. The second-order valence-electron chi connectivity index (χ2n) is 4.30. The molecule has 17 heavy (non-hydrogen) atoms. The van der Waals surface area contributed by atoms with E-state index in [1.807, 2.05) is 18.4 Å². The second-order valence-corrected chi connectivity index (χ2v) is 5.08. The van der Waals surface area contributed by atoms with Gasteiger partial charge in [0.1, 0.15) is 5.82 Å². The molecule has 1 aromatic carbocycles. The van der Waals surface area contributed by atoms with E-state index < -0.39 is 0 Å². The molecule has 0 saturated carbocycles. The van der Waals surface area contributed by atoms with E-state index >= 15 is 0 Å². The number of hydrogen-bond acceptors (Lipinski definition) is 2. The van der Waals surface area contributed by atoms with Crippen LogP contribution in [0.15, 0.2) is 35.0 Å². The van der Waals surface area contributed by atoms with E-state index in [-0.39, 0.29) is 11.9 Å². The molecule has 1 nitrogen and oxygen atoms in total. The maximum atomic E-state index is 13.6. The maximum Gasteiger partial charge on any atom is 0.127 e. The molecular formula is C14H16FNS. The van der Waals surface area contributed by atoms with Gasteiger partial charge in [0.15, 0.2) is 0 Å². The lowest BCUT2D eigenvalue weighted by Gasteiger charge is -2.13. The predicted molar refractivity (Wildman–Crippen MR) is 70.7 cm³/mol. The van der Waals surface area contributed by atoms with E-state index in [0.29, 0.717) is 5.56 Å². The van der Waals surface area contributed by atoms with Crippen LogP contribution < -0.4 is 5.73 Å². The average Bonchev–Trinajstić information content (AvgIpc) is 2.82. The van der Waals surface area contributed by atoms with Crippen molar-refractivity contribution >= 4 is 11.3 Å². The van der Waals surface area contributed by atoms with Gasteiger partial charge in [0, 0.05) is 11.6 Å². The molecule has 0 spiro atoms. The fourth-order valence-corrected chi connectivity index (χ4v) is 2.56. The molecule has 1 heterocycles. The quantitative estimate of drug-likeness (QED) is 0.875. The van der Waals surface area contributed by atoms with Crippen molar-refractivity contribution in [1.29, 1.82) is 0 Å². The molecule has 1 atom stereocenters. The van der Waals surface area contributed by atoms with Gasteiger partial charge in [0.25, 0.3) is 0 Å². The third-order valence-electron chi connectivity index (χ3n) is 2.88. The molecule has 1 unspecified atom stereocenters. The lowest BCUT2D eigenvalue weighted by molar-refractivity contribution is 0.563. The van der Waals surface area contributed by atoms with Crippen LogP contribution in [0.4, 0.5) is 4.39 Å². The molecule has 2 N–H and O–H groups in total. The molecule has 2 rings (SSSR count). The minimum atomic E-state index is -0.227. The average molecular weight is 249 g/mol. The summed E-state index contributed by atoms with van der Waals surface area (Å²) in [4.78, 5) is 0. The molecule has 0 fully saturated rings. The van der Waals surface area contributed by atoms with Gasteiger partial charge in [-0.1, -0.05) is 17.7 Å². The molecule has 0 bridgehead atoms. The van der Waals surface area contributed by atoms with Gasteiger partial charge in [0.05, 0.1) is 0 Å². The van der Waals surface area contributed by atoms with E-state index in [1.54, 1.807) is 17.4 Å². The number of nitrogens with two attached hydrogens (primary N) is 1. The molecular weight excluding hydrogens is 233 g/mol. The highest BCUT2D eigenvalue weighted by Gasteiger charge is 2.11. The number of benzene rings is 1. The maximum absolute atomic E-state index is 13.6. The first-order valence-corrected chi connectivity index (χ1v) is 6.64. The van der Waals surface area contributed by atoms with E-state index in [4.69, 9.17) is 5.73 Å². The van der Waals surface area contributed by atoms with E-state index in [0.717, 1.165) is 18.4 Å². The highest BCUT2D eigenvalue weighted by molar-refractivity contribution is 7.07. The van der Waals surface area contributed by atoms with Gasteiger partial charge in [-0.25, -0.2) is 4.39 Å². The standard InChI is InChI=1S/C14H16FNS/c1-10-2-4-13(15)12(8-10)14(16)5-3-11-6-7-17-9-11/h2,4,6-9,14H,3,5,16H2,1H3. The SMILES string of the molecule is Cc1ccc(F)c(C(N)CCc2ccsc2)c1. The number of rotatable bonds is 4. The number of halogens is 1. The van der Waals surface area contributed by atoms with Crippen LogP contribution in [0.25, 0.3) is 0 Å². The van der Waals surface area contributed by atoms with E-state index in [9.17, 15) is 4.39 Å². The van der Waals surface area contributed by atoms with Crippen LogP contribution >= 0.6 is 11.3 Å². The molecule has 1 aromatic heterocycles. The molecule has 0 aliphatic heterocycles. The van der Waals surface area contributed by atoms with Crippen molar-refractivity contribution < 1.29 is 4.39 Å². The zero-order valence-electron chi connectivity index (χ0n) is 9.82. The molecule has 0 aliphatic carbocycles. The molecule has 0 amide bonds. The van der Waals surface area contributed by atoms with E-state index in [1.165, 1.54) is 11.6 Å². The van der Waals surface area contributed by atoms with Crippen molar-refractivity contribution in [2.45, 2.75) is 25.8 Å². The van der Waals surface area contributed by atoms with Crippen molar-refractivity contribution in [3.05, 3.63) is 57.5 Å². The highest BCUT2D eigenvalue weighted by atomic mass is 32.1. The third kappa shape index (κ3) is 3.14. The van der Waals surface area contributed by atoms with Crippen LogP contribution in [0.3, 0.4) is 0 Å². The smallest absolute Gasteiger partial charge is 0.127 e. The topological polar surface area (TPSA) is 26.0 Å². The minimum absolute atomic E-state index is 0.201. The summed E-state index contributed by atoms with van der Waals surface area (Å²) in [6.07, 6.45) is 1.68. The minimum Gasteiger partial charge on any atom is -0.324 e. The summed E-state index contributed by atoms with van der Waals surface area (Å²) < 4.78 is 13.6. The van der Waals surface area contributed by atoms with Gasteiger partial charge in [0.2, 0.25) is 0 Å². The Morgan fingerprint density at radius 2 is 2.18 bits per heavy atom. The van der Waals surface area contributed by atoms with Crippen LogP contribution in [-0.4, -0.2) is 0 Å². The largest absolute Gasteiger partial charge is 0.324 e. The Kier molecular flexibility index (Phi) is 3.92. The zero-order chi connectivity index (χ0) is 12.3. The highest BCUT2D eigenvalue weighted by Crippen LogP contribution is 2.21. The van der Waals surface area contributed by atoms with Crippen molar-refractivity contribution in [2.24, 2.45) is 5.73 Å². The summed E-state index contributed by atoms with van der Waals surface area (Å²) in [6.45, 7) is 1.95. The first kappa shape index (κ1) is 12.3. The summed E-state index contributed by atoms with van der Waals surface area (Å²) >= 11 is 1.68. The summed E-state index contributed by atoms with van der Waals surface area (Å²) in [5, 5.41) is 4.16. The molecule has 90 valence electrons. The van der Waals surface area contributed by atoms with Gasteiger partial charge in [-0.05, 0) is 48.2 Å². The Hall–Kier alpha value is -1.19. The Morgan fingerprint density at radius 3 is 2.88 bits per heavy atom. The number of aryl methyl sites for hydroxylation is 2. The second kappa shape index (κ2) is 5.43. The lowest BCUT2D eigenvalue weighted by atomic mass is 9.99. The van der Waals surface area contributed by atoms with Crippen LogP contribution in [0, 0.1) is 12.7 Å². The Labute approximate surface area is 105 Å². The van der Waals surface area contributed by atoms with Gasteiger partial charge in [-0.2, -0.15) is 11.3 Å². The Bertz CT molecular complexity index is 479. The molecule has 0 aliphatic rings. The van der Waals surface area contributed by atoms with Crippen molar-refractivity contribution in [3.8, 4) is 0 Å². The fraction of sp³-hybridized carbons (Fsp3) is 0.286. The molecule has 0 radical (unpaired) electrons. The third-order valence-corrected chi connectivity index (χ3v) is 3.61. The lowest BCUT2D eigenvalue weighted by Crippen LogP contribution is -2.13. The number of hydrogen-bond donors (Lipinski definition) is 1. The van der Waals surface area contributed by atoms with Gasteiger partial charge >= 0.3 is 0 Å². The molecule has 2 aromatic rings. The van der Waals surface area contributed by atoms with Crippen molar-refractivity contribution in [1.82, 2.24) is 0 Å². The zero-order valence-corrected chi connectivity index (χ0v) is 10.6. The van der Waals surface area contributed by atoms with Crippen LogP contribution in [-0.2, 0) is 6.42 Å². The fourth-order valence-electron chi connectivity index (χ4n) is 1.86. The first-order chi connectivity index (χ1) is 8.16. The van der Waals surface area contributed by atoms with Crippen LogP contribution in [0.5, 0.6) is 0 Å². The predicted octanol–water partition coefficient (Wildman–Crippen LogP) is 3.83. The monoisotopic (exact) mass is 249 g/mol. The van der Waals surface area contributed by atoms with Gasteiger partial charge in [-0.15, -0.1) is 0 Å². The van der Waals surface area contributed by atoms with E-state index in [2.05, 4.69) is 11.4 Å². The van der Waals surface area contributed by atoms with Crippen molar-refractivity contribution in [3.63, 3.8) is 0 Å². The summed E-state index contributed by atoms with van der Waals surface area (Å²) in [6, 6.07) is 6.96. The number of thiophene rings is 1. The van der Waals surface area contributed by atoms with Crippen LogP contribution in [0.2, 0.25) is 0 Å². The van der Waals surface area contributed by atoms with Crippen molar-refractivity contribution in [2.75, 3.05) is 0 Å². The normalized spacial score (nSPS) is 12.6. The van der Waals surface area contributed by atoms with Gasteiger partial charge in [-0.3, -0.25) is 0 Å². The Balaban J connectivity index is 2.04. The first-order valence-electron chi connectivity index (χ1n) is 5.69. The summed E-state index contributed by atoms with van der Waals surface area (Å²) in [5.41, 5.74) is 8.99. The molecule has 3 heteroatoms. The molecule has 0 saturated heterocycles. The van der Waals surface area contributed by atoms with Crippen LogP contribution in [0.1, 0.15) is 29.2 Å².